The zero-order chi connectivity index (χ0) is 13.9. The van der Waals surface area contributed by atoms with Crippen molar-refractivity contribution >= 4 is 0 Å². The second-order valence-electron chi connectivity index (χ2n) is 5.64. The zero-order valence-electron chi connectivity index (χ0n) is 12.5. The maximum absolute atomic E-state index is 5.82. The van der Waals surface area contributed by atoms with Gasteiger partial charge in [0.05, 0.1) is 7.11 Å². The van der Waals surface area contributed by atoms with Crippen LogP contribution in [0, 0.1) is 13.8 Å². The molecular formula is C15H26N2O. The summed E-state index contributed by atoms with van der Waals surface area (Å²) in [6, 6.07) is 4.28. The van der Waals surface area contributed by atoms with E-state index in [9.17, 15) is 0 Å². The van der Waals surface area contributed by atoms with Gasteiger partial charge >= 0.3 is 0 Å². The summed E-state index contributed by atoms with van der Waals surface area (Å²) in [5.41, 5.74) is 9.55. The van der Waals surface area contributed by atoms with Crippen LogP contribution in [0.5, 0.6) is 5.75 Å². The summed E-state index contributed by atoms with van der Waals surface area (Å²) in [6.07, 6.45) is 0. The molecule has 3 heteroatoms. The molecule has 2 N–H and O–H groups in total. The van der Waals surface area contributed by atoms with Gasteiger partial charge in [0.1, 0.15) is 5.75 Å². The van der Waals surface area contributed by atoms with E-state index in [-0.39, 0.29) is 5.54 Å². The minimum absolute atomic E-state index is 0.0116. The predicted octanol–water partition coefficient (Wildman–Crippen LogP) is 2.48. The Bertz CT molecular complexity index is 413. The van der Waals surface area contributed by atoms with Gasteiger partial charge in [-0.15, -0.1) is 0 Å². The predicted molar refractivity (Wildman–Crippen MR) is 77.1 cm³/mol. The Morgan fingerprint density at radius 1 is 1.28 bits per heavy atom. The smallest absolute Gasteiger partial charge is 0.123 e. The van der Waals surface area contributed by atoms with Crippen molar-refractivity contribution in [2.75, 3.05) is 20.7 Å². The molecule has 0 saturated carbocycles. The molecule has 0 spiro atoms. The number of hydrogen-bond acceptors (Lipinski definition) is 3. The maximum atomic E-state index is 5.82. The van der Waals surface area contributed by atoms with Crippen LogP contribution in [0.15, 0.2) is 12.1 Å². The van der Waals surface area contributed by atoms with Crippen molar-refractivity contribution in [1.29, 1.82) is 0 Å². The number of rotatable bonds is 5. The maximum Gasteiger partial charge on any atom is 0.123 e. The molecule has 0 aromatic heterocycles. The molecule has 1 aromatic rings. The van der Waals surface area contributed by atoms with Crippen LogP contribution in [-0.2, 0) is 6.54 Å². The quantitative estimate of drug-likeness (QED) is 0.872. The third-order valence-electron chi connectivity index (χ3n) is 3.72. The highest BCUT2D eigenvalue weighted by atomic mass is 16.5. The van der Waals surface area contributed by atoms with Crippen LogP contribution < -0.4 is 10.5 Å². The summed E-state index contributed by atoms with van der Waals surface area (Å²) in [7, 11) is 3.83. The molecule has 0 saturated heterocycles. The van der Waals surface area contributed by atoms with Gasteiger partial charge in [-0.2, -0.15) is 0 Å². The molecule has 0 aliphatic heterocycles. The highest BCUT2D eigenvalue weighted by Gasteiger charge is 2.23. The number of ether oxygens (including phenoxy) is 1. The van der Waals surface area contributed by atoms with E-state index in [0.717, 1.165) is 12.3 Å². The Labute approximate surface area is 111 Å². The van der Waals surface area contributed by atoms with Crippen LogP contribution in [0.4, 0.5) is 0 Å². The molecule has 0 heterocycles. The Balaban J connectivity index is 3.04. The van der Waals surface area contributed by atoms with E-state index in [0.29, 0.717) is 6.54 Å². The number of aryl methyl sites for hydroxylation is 2. The SMILES string of the molecule is COc1cc(C)cc(C)c1CN(C)C(C)(C)CN. The van der Waals surface area contributed by atoms with Crippen LogP contribution in [0.2, 0.25) is 0 Å². The van der Waals surface area contributed by atoms with Crippen molar-refractivity contribution in [2.24, 2.45) is 5.73 Å². The van der Waals surface area contributed by atoms with Gasteiger partial charge in [0, 0.05) is 24.2 Å². The molecule has 0 unspecified atom stereocenters. The molecular weight excluding hydrogens is 224 g/mol. The van der Waals surface area contributed by atoms with Gasteiger partial charge in [-0.05, 0) is 51.9 Å². The average molecular weight is 250 g/mol. The van der Waals surface area contributed by atoms with Crippen LogP contribution in [0.25, 0.3) is 0 Å². The van der Waals surface area contributed by atoms with Crippen LogP contribution >= 0.6 is 0 Å². The van der Waals surface area contributed by atoms with Crippen LogP contribution in [0.1, 0.15) is 30.5 Å². The van der Waals surface area contributed by atoms with Gasteiger partial charge in [-0.25, -0.2) is 0 Å². The van der Waals surface area contributed by atoms with E-state index in [1.54, 1.807) is 7.11 Å². The van der Waals surface area contributed by atoms with Crippen LogP contribution in [-0.4, -0.2) is 31.1 Å². The minimum atomic E-state index is -0.0116. The van der Waals surface area contributed by atoms with Crippen LogP contribution in [0.3, 0.4) is 0 Å². The summed E-state index contributed by atoms with van der Waals surface area (Å²) >= 11 is 0. The summed E-state index contributed by atoms with van der Waals surface area (Å²) < 4.78 is 5.50. The number of methoxy groups -OCH3 is 1. The highest BCUT2D eigenvalue weighted by Crippen LogP contribution is 2.27. The Kier molecular flexibility index (Phi) is 4.77. The fraction of sp³-hybridized carbons (Fsp3) is 0.600. The van der Waals surface area contributed by atoms with Crippen molar-refractivity contribution in [2.45, 2.75) is 39.8 Å². The van der Waals surface area contributed by atoms with Crippen molar-refractivity contribution in [3.8, 4) is 5.75 Å². The van der Waals surface area contributed by atoms with E-state index in [2.05, 4.69) is 51.8 Å². The lowest BCUT2D eigenvalue weighted by molar-refractivity contribution is 0.154. The fourth-order valence-electron chi connectivity index (χ4n) is 1.95. The average Bonchev–Trinajstić information content (AvgIpc) is 2.31. The molecule has 0 atom stereocenters. The molecule has 0 fully saturated rings. The van der Waals surface area contributed by atoms with Gasteiger partial charge < -0.3 is 10.5 Å². The third kappa shape index (κ3) is 3.24. The summed E-state index contributed by atoms with van der Waals surface area (Å²) in [4.78, 5) is 2.27. The number of hydrogen-bond donors (Lipinski definition) is 1. The van der Waals surface area contributed by atoms with Gasteiger partial charge in [0.25, 0.3) is 0 Å². The molecule has 0 radical (unpaired) electrons. The highest BCUT2D eigenvalue weighted by molar-refractivity contribution is 5.43. The Hall–Kier alpha value is -1.06. The molecule has 1 rings (SSSR count). The number of nitrogens with two attached hydrogens (primary N) is 1. The van der Waals surface area contributed by atoms with E-state index in [1.807, 2.05) is 0 Å². The molecule has 0 bridgehead atoms. The molecule has 18 heavy (non-hydrogen) atoms. The van der Waals surface area contributed by atoms with Crippen molar-refractivity contribution in [3.05, 3.63) is 28.8 Å². The van der Waals surface area contributed by atoms with Gasteiger partial charge in [-0.1, -0.05) is 6.07 Å². The largest absolute Gasteiger partial charge is 0.496 e. The van der Waals surface area contributed by atoms with Gasteiger partial charge in [0.15, 0.2) is 0 Å². The monoisotopic (exact) mass is 250 g/mol. The van der Waals surface area contributed by atoms with Crippen molar-refractivity contribution in [1.82, 2.24) is 4.90 Å². The first-order valence-corrected chi connectivity index (χ1v) is 6.37. The summed E-state index contributed by atoms with van der Waals surface area (Å²) in [5, 5.41) is 0. The molecule has 102 valence electrons. The Morgan fingerprint density at radius 2 is 1.89 bits per heavy atom. The summed E-state index contributed by atoms with van der Waals surface area (Å²) in [6.45, 7) is 10.0. The summed E-state index contributed by atoms with van der Waals surface area (Å²) in [5.74, 6) is 0.965. The number of likely N-dealkylation sites (N-methyl/N-ethyl adjacent to an activating group) is 1. The lowest BCUT2D eigenvalue weighted by atomic mass is 9.99. The van der Waals surface area contributed by atoms with Gasteiger partial charge in [0.2, 0.25) is 0 Å². The third-order valence-corrected chi connectivity index (χ3v) is 3.72. The van der Waals surface area contributed by atoms with E-state index in [1.165, 1.54) is 16.7 Å². The zero-order valence-corrected chi connectivity index (χ0v) is 12.5. The van der Waals surface area contributed by atoms with E-state index < -0.39 is 0 Å². The first-order valence-electron chi connectivity index (χ1n) is 6.37. The lowest BCUT2D eigenvalue weighted by Gasteiger charge is -2.35. The molecule has 3 nitrogen and oxygen atoms in total. The number of benzene rings is 1. The molecule has 0 aliphatic rings. The Morgan fingerprint density at radius 3 is 2.39 bits per heavy atom. The first-order chi connectivity index (χ1) is 8.31. The van der Waals surface area contributed by atoms with Crippen molar-refractivity contribution < 1.29 is 4.74 Å². The molecule has 0 aliphatic carbocycles. The minimum Gasteiger partial charge on any atom is -0.496 e. The second-order valence-corrected chi connectivity index (χ2v) is 5.64. The molecule has 0 amide bonds. The topological polar surface area (TPSA) is 38.5 Å². The molecule has 1 aromatic carbocycles. The van der Waals surface area contributed by atoms with Crippen molar-refractivity contribution in [3.63, 3.8) is 0 Å². The normalized spacial score (nSPS) is 12.0. The fourth-order valence-corrected chi connectivity index (χ4v) is 1.95. The van der Waals surface area contributed by atoms with E-state index in [4.69, 9.17) is 10.5 Å². The number of nitrogens with zero attached hydrogens (tertiary/aromatic N) is 1. The standard InChI is InChI=1S/C15H26N2O/c1-11-7-12(2)13(14(8-11)18-6)9-17(5)15(3,4)10-16/h7-8H,9-10,16H2,1-6H3. The first kappa shape index (κ1) is 15.0. The van der Waals surface area contributed by atoms with Gasteiger partial charge in [-0.3, -0.25) is 4.90 Å². The second kappa shape index (κ2) is 5.72. The lowest BCUT2D eigenvalue weighted by Crippen LogP contribution is -2.46. The van der Waals surface area contributed by atoms with E-state index >= 15 is 0 Å².